The van der Waals surface area contributed by atoms with Crippen LogP contribution in [-0.4, -0.2) is 13.7 Å². The Hall–Kier alpha value is -9.64. The molecule has 3 heterocycles. The first-order valence-corrected chi connectivity index (χ1v) is 29.4. The molecule has 14 aromatic rings. The lowest BCUT2D eigenvalue weighted by Gasteiger charge is -2.63. The van der Waals surface area contributed by atoms with Crippen LogP contribution in [0, 0.1) is 11.8 Å². The quantitative estimate of drug-likeness (QED) is 0.133. The van der Waals surface area contributed by atoms with Crippen LogP contribution < -0.4 is 4.90 Å². The van der Waals surface area contributed by atoms with Crippen molar-refractivity contribution in [2.75, 3.05) is 4.90 Å². The molecule has 392 valence electrons. The van der Waals surface area contributed by atoms with E-state index in [0.29, 0.717) is 0 Å². The van der Waals surface area contributed by atoms with Gasteiger partial charge in [-0.05, 0) is 204 Å². The van der Waals surface area contributed by atoms with Crippen molar-refractivity contribution < 1.29 is 0 Å². The number of para-hydroxylation sites is 5. The minimum atomic E-state index is 0.224. The van der Waals surface area contributed by atoms with E-state index in [1.54, 1.807) is 5.56 Å². The van der Waals surface area contributed by atoms with Gasteiger partial charge in [-0.15, -0.1) is 0 Å². The van der Waals surface area contributed by atoms with Crippen molar-refractivity contribution in [3.63, 3.8) is 0 Å². The highest BCUT2D eigenvalue weighted by atomic mass is 15.1. The average molecular weight is 1050 g/mol. The Morgan fingerprint density at radius 1 is 0.341 bits per heavy atom. The maximum absolute atomic E-state index is 4.05. The second kappa shape index (κ2) is 18.2. The third-order valence-electron chi connectivity index (χ3n) is 19.5. The standard InChI is InChI=1S/C78H60N4/c1-2-52-26-31-57(32-27-52)77-47-53-42-54(48-77)50-78(49-53,51-77)58-33-28-55(29-34-58)56-30-38-73-67(43-56)70-46-64(37-41-76(70)82(73)61-20-10-5-11-21-61)79(62-35-39-74-68(44-62)65-22-12-14-24-71(65)80(74)59-16-6-3-7-17-59)63-36-40-75-69(45-63)66-23-13-15-25-72(66)81(75)60-18-8-4-9-19-60/h2-41,43-46,53-54H,1,42,47-51H2. The average Bonchev–Trinajstić information content (AvgIpc) is 3.51. The van der Waals surface area contributed by atoms with E-state index in [0.717, 1.165) is 46.0 Å². The smallest absolute Gasteiger partial charge is 0.0542 e. The summed E-state index contributed by atoms with van der Waals surface area (Å²) in [6, 6.07) is 97.8. The fourth-order valence-electron chi connectivity index (χ4n) is 16.5. The van der Waals surface area contributed by atoms with Gasteiger partial charge >= 0.3 is 0 Å². The molecule has 4 nitrogen and oxygen atoms in total. The Balaban J connectivity index is 0.832. The molecule has 0 spiro atoms. The van der Waals surface area contributed by atoms with Gasteiger partial charge in [0.1, 0.15) is 0 Å². The van der Waals surface area contributed by atoms with Gasteiger partial charge in [-0.3, -0.25) is 0 Å². The summed E-state index contributed by atoms with van der Waals surface area (Å²) in [5.41, 5.74) is 21.1. The van der Waals surface area contributed by atoms with Crippen molar-refractivity contribution in [1.29, 1.82) is 0 Å². The predicted octanol–water partition coefficient (Wildman–Crippen LogP) is 20.5. The van der Waals surface area contributed by atoms with E-state index in [1.807, 2.05) is 6.08 Å². The summed E-state index contributed by atoms with van der Waals surface area (Å²) in [5, 5.41) is 7.31. The van der Waals surface area contributed by atoms with Crippen LogP contribution in [0.25, 0.3) is 99.7 Å². The Labute approximate surface area is 478 Å². The molecule has 3 aromatic heterocycles. The lowest BCUT2D eigenvalue weighted by molar-refractivity contribution is -0.0281. The topological polar surface area (TPSA) is 18.0 Å². The van der Waals surface area contributed by atoms with E-state index in [-0.39, 0.29) is 10.8 Å². The number of rotatable bonds is 10. The van der Waals surface area contributed by atoms with E-state index >= 15 is 0 Å². The summed E-state index contributed by atoms with van der Waals surface area (Å²) < 4.78 is 7.26. The van der Waals surface area contributed by atoms with Crippen LogP contribution >= 0.6 is 0 Å². The van der Waals surface area contributed by atoms with Crippen LogP contribution in [-0.2, 0) is 10.8 Å². The summed E-state index contributed by atoms with van der Waals surface area (Å²) in [5.74, 6) is 1.58. The summed E-state index contributed by atoms with van der Waals surface area (Å²) in [4.78, 5) is 2.49. The van der Waals surface area contributed by atoms with Crippen molar-refractivity contribution in [2.24, 2.45) is 11.8 Å². The van der Waals surface area contributed by atoms with Crippen LogP contribution in [0.5, 0.6) is 0 Å². The van der Waals surface area contributed by atoms with E-state index in [4.69, 9.17) is 0 Å². The molecule has 4 heteroatoms. The van der Waals surface area contributed by atoms with Crippen molar-refractivity contribution in [3.8, 4) is 28.2 Å². The Bertz CT molecular complexity index is 4660. The number of aromatic nitrogens is 3. The van der Waals surface area contributed by atoms with Crippen LogP contribution in [0.15, 0.2) is 267 Å². The zero-order chi connectivity index (χ0) is 54.1. The fraction of sp³-hybridized carbons (Fsp3) is 0.128. The first-order valence-electron chi connectivity index (χ1n) is 29.4. The minimum Gasteiger partial charge on any atom is -0.310 e. The summed E-state index contributed by atoms with van der Waals surface area (Å²) >= 11 is 0. The molecule has 0 amide bonds. The molecule has 4 fully saturated rings. The normalized spacial score (nSPS) is 19.3. The lowest BCUT2D eigenvalue weighted by Crippen LogP contribution is -2.55. The first-order chi connectivity index (χ1) is 40.5. The van der Waals surface area contributed by atoms with Crippen molar-refractivity contribution in [2.45, 2.75) is 49.4 Å². The van der Waals surface area contributed by atoms with Gasteiger partial charge in [-0.1, -0.05) is 158 Å². The molecule has 18 rings (SSSR count). The molecule has 0 radical (unpaired) electrons. The maximum Gasteiger partial charge on any atom is 0.0542 e. The van der Waals surface area contributed by atoms with Gasteiger partial charge in [0.15, 0.2) is 0 Å². The summed E-state index contributed by atoms with van der Waals surface area (Å²) in [6.45, 7) is 4.05. The summed E-state index contributed by atoms with van der Waals surface area (Å²) in [7, 11) is 0. The van der Waals surface area contributed by atoms with Crippen LogP contribution in [0.1, 0.15) is 55.2 Å². The molecule has 0 aliphatic heterocycles. The second-order valence-corrected chi connectivity index (χ2v) is 24.1. The van der Waals surface area contributed by atoms with Gasteiger partial charge < -0.3 is 18.6 Å². The third-order valence-corrected chi connectivity index (χ3v) is 19.5. The monoisotopic (exact) mass is 1050 g/mol. The van der Waals surface area contributed by atoms with Crippen molar-refractivity contribution in [1.82, 2.24) is 13.7 Å². The molecule has 0 saturated heterocycles. The van der Waals surface area contributed by atoms with Crippen LogP contribution in [0.3, 0.4) is 0 Å². The van der Waals surface area contributed by atoms with Gasteiger partial charge in [-0.2, -0.15) is 0 Å². The minimum absolute atomic E-state index is 0.224. The zero-order valence-electron chi connectivity index (χ0n) is 45.8. The molecule has 11 aromatic carbocycles. The van der Waals surface area contributed by atoms with Gasteiger partial charge in [0.2, 0.25) is 0 Å². The molecule has 82 heavy (non-hydrogen) atoms. The number of anilines is 3. The van der Waals surface area contributed by atoms with Gasteiger partial charge in [-0.25, -0.2) is 0 Å². The Morgan fingerprint density at radius 2 is 0.695 bits per heavy atom. The molecule has 4 saturated carbocycles. The second-order valence-electron chi connectivity index (χ2n) is 24.1. The molecule has 4 aliphatic rings. The highest BCUT2D eigenvalue weighted by Gasteiger charge is 2.58. The Morgan fingerprint density at radius 3 is 1.13 bits per heavy atom. The highest BCUT2D eigenvalue weighted by molar-refractivity contribution is 6.14. The predicted molar refractivity (Wildman–Crippen MR) is 344 cm³/mol. The van der Waals surface area contributed by atoms with Crippen LogP contribution in [0.4, 0.5) is 17.1 Å². The lowest BCUT2D eigenvalue weighted by atomic mass is 9.41. The van der Waals surface area contributed by atoms with Gasteiger partial charge in [0, 0.05) is 66.4 Å². The van der Waals surface area contributed by atoms with E-state index in [9.17, 15) is 0 Å². The Kier molecular flexibility index (Phi) is 10.5. The van der Waals surface area contributed by atoms with Gasteiger partial charge in [0.05, 0.1) is 33.1 Å². The molecule has 0 N–H and O–H groups in total. The fourth-order valence-corrected chi connectivity index (χ4v) is 16.5. The molecule has 2 unspecified atom stereocenters. The van der Waals surface area contributed by atoms with Crippen molar-refractivity contribution >= 4 is 88.6 Å². The molecule has 4 aliphatic carbocycles. The number of hydrogen-bond acceptors (Lipinski definition) is 1. The molecule has 4 bridgehead atoms. The largest absolute Gasteiger partial charge is 0.310 e. The molecular weight excluding hydrogens is 993 g/mol. The third kappa shape index (κ3) is 7.23. The molecular formula is C78H60N4. The van der Waals surface area contributed by atoms with E-state index < -0.39 is 0 Å². The number of benzene rings is 11. The number of nitrogens with zero attached hydrogens (tertiary/aromatic N) is 4. The maximum atomic E-state index is 4.05. The van der Waals surface area contributed by atoms with Crippen molar-refractivity contribution in [3.05, 3.63) is 284 Å². The highest BCUT2D eigenvalue weighted by Crippen LogP contribution is 2.66. The van der Waals surface area contributed by atoms with E-state index in [2.05, 4.69) is 286 Å². The SMILES string of the molecule is C=Cc1ccc(C23CC4CC(C2)CC(c2ccc(-c5ccc6c(c5)c5cc(N(c7ccc8c(c7)c7ccccc7n8-c7ccccc7)c7ccc8c(c7)c7ccccc7n8-c7ccccc7)ccc5n6-c5ccccc5)cc2)(C4)C3)cc1. The van der Waals surface area contributed by atoms with Gasteiger partial charge in [0.25, 0.3) is 0 Å². The molecule has 2 atom stereocenters. The van der Waals surface area contributed by atoms with E-state index in [1.165, 1.54) is 126 Å². The zero-order valence-corrected chi connectivity index (χ0v) is 45.8. The first kappa shape index (κ1) is 47.2. The van der Waals surface area contributed by atoms with Crippen LogP contribution in [0.2, 0.25) is 0 Å². The number of fused-ring (bicyclic) bond motifs is 9. The summed E-state index contributed by atoms with van der Waals surface area (Å²) in [6.07, 6.45) is 9.91. The number of hydrogen-bond donors (Lipinski definition) is 0.